The Labute approximate surface area is 149 Å². The molecule has 0 aliphatic rings. The second kappa shape index (κ2) is 8.29. The average molecular weight is 359 g/mol. The van der Waals surface area contributed by atoms with E-state index in [0.29, 0.717) is 16.9 Å². The van der Waals surface area contributed by atoms with Crippen molar-refractivity contribution in [1.82, 2.24) is 0 Å². The van der Waals surface area contributed by atoms with Crippen molar-refractivity contribution in [2.24, 2.45) is 0 Å². The molecule has 7 nitrogen and oxygen atoms in total. The van der Waals surface area contributed by atoms with Crippen LogP contribution in [0.2, 0.25) is 0 Å². The number of nitrogens with one attached hydrogen (secondary N) is 2. The molecular formula is C17H17N3O4S. The summed E-state index contributed by atoms with van der Waals surface area (Å²) in [6.07, 6.45) is 0. The summed E-state index contributed by atoms with van der Waals surface area (Å²) in [7, 11) is 0. The van der Waals surface area contributed by atoms with Crippen molar-refractivity contribution in [2.45, 2.75) is 18.7 Å². The van der Waals surface area contributed by atoms with Gasteiger partial charge in [0.15, 0.2) is 0 Å². The predicted molar refractivity (Wildman–Crippen MR) is 97.9 cm³/mol. The van der Waals surface area contributed by atoms with E-state index in [9.17, 15) is 19.7 Å². The van der Waals surface area contributed by atoms with Crippen LogP contribution in [0.1, 0.15) is 12.5 Å². The second-order valence-electron chi connectivity index (χ2n) is 5.27. The van der Waals surface area contributed by atoms with Gasteiger partial charge in [-0.15, -0.1) is 11.8 Å². The molecule has 0 aliphatic carbocycles. The molecule has 0 heterocycles. The molecule has 2 aromatic rings. The summed E-state index contributed by atoms with van der Waals surface area (Å²) in [5.74, 6) is -0.372. The molecule has 0 spiro atoms. The third-order valence-electron chi connectivity index (χ3n) is 3.25. The molecule has 0 bridgehead atoms. The van der Waals surface area contributed by atoms with E-state index < -0.39 is 4.92 Å². The van der Waals surface area contributed by atoms with E-state index in [2.05, 4.69) is 10.6 Å². The number of hydrogen-bond donors (Lipinski definition) is 2. The maximum Gasteiger partial charge on any atom is 0.274 e. The second-order valence-corrected chi connectivity index (χ2v) is 6.29. The Bertz CT molecular complexity index is 823. The Morgan fingerprint density at radius 3 is 2.56 bits per heavy atom. The van der Waals surface area contributed by atoms with Crippen LogP contribution in [-0.2, 0) is 9.59 Å². The van der Waals surface area contributed by atoms with E-state index in [1.807, 2.05) is 6.07 Å². The van der Waals surface area contributed by atoms with Gasteiger partial charge in [0.25, 0.3) is 5.69 Å². The summed E-state index contributed by atoms with van der Waals surface area (Å²) in [5, 5.41) is 16.3. The van der Waals surface area contributed by atoms with E-state index in [0.717, 1.165) is 4.90 Å². The topological polar surface area (TPSA) is 101 Å². The molecule has 0 aliphatic heterocycles. The largest absolute Gasteiger partial charge is 0.325 e. The summed E-state index contributed by atoms with van der Waals surface area (Å²) in [6.45, 7) is 3.05. The first-order chi connectivity index (χ1) is 11.9. The molecular weight excluding hydrogens is 342 g/mol. The zero-order valence-corrected chi connectivity index (χ0v) is 14.6. The highest BCUT2D eigenvalue weighted by atomic mass is 32.2. The third kappa shape index (κ3) is 5.32. The first-order valence-corrected chi connectivity index (χ1v) is 8.39. The monoisotopic (exact) mass is 359 g/mol. The smallest absolute Gasteiger partial charge is 0.274 e. The third-order valence-corrected chi connectivity index (χ3v) is 4.32. The van der Waals surface area contributed by atoms with Crippen molar-refractivity contribution in [3.63, 3.8) is 0 Å². The van der Waals surface area contributed by atoms with Gasteiger partial charge in [-0.2, -0.15) is 0 Å². The maximum absolute atomic E-state index is 12.1. The molecule has 0 aromatic heterocycles. The van der Waals surface area contributed by atoms with Crippen LogP contribution in [0.25, 0.3) is 0 Å². The van der Waals surface area contributed by atoms with E-state index >= 15 is 0 Å². The summed E-state index contributed by atoms with van der Waals surface area (Å²) >= 11 is 1.27. The standard InChI is InChI=1S/C17H17N3O4S/c1-11-7-8-13(9-15(11)20(23)24)19-17(22)10-25-16-6-4-3-5-14(16)18-12(2)21/h3-9H,10H2,1-2H3,(H,18,21)(H,19,22). The molecule has 0 radical (unpaired) electrons. The van der Waals surface area contributed by atoms with Crippen LogP contribution in [0.15, 0.2) is 47.4 Å². The summed E-state index contributed by atoms with van der Waals surface area (Å²) in [4.78, 5) is 34.5. The van der Waals surface area contributed by atoms with Crippen LogP contribution in [0.3, 0.4) is 0 Å². The lowest BCUT2D eigenvalue weighted by Crippen LogP contribution is -2.14. The number of thioether (sulfide) groups is 1. The van der Waals surface area contributed by atoms with E-state index in [-0.39, 0.29) is 23.3 Å². The van der Waals surface area contributed by atoms with Crippen molar-refractivity contribution in [3.05, 3.63) is 58.1 Å². The van der Waals surface area contributed by atoms with Crippen molar-refractivity contribution in [2.75, 3.05) is 16.4 Å². The van der Waals surface area contributed by atoms with Gasteiger partial charge in [0.05, 0.1) is 16.4 Å². The zero-order chi connectivity index (χ0) is 18.4. The molecule has 8 heteroatoms. The number of carbonyl (C=O) groups excluding carboxylic acids is 2. The lowest BCUT2D eigenvalue weighted by molar-refractivity contribution is -0.385. The quantitative estimate of drug-likeness (QED) is 0.466. The minimum absolute atomic E-state index is 0.0403. The Kier molecular flexibility index (Phi) is 6.13. The Morgan fingerprint density at radius 1 is 1.16 bits per heavy atom. The van der Waals surface area contributed by atoms with Gasteiger partial charge in [-0.05, 0) is 25.1 Å². The fourth-order valence-corrected chi connectivity index (χ4v) is 2.92. The number of anilines is 2. The molecule has 25 heavy (non-hydrogen) atoms. The highest BCUT2D eigenvalue weighted by molar-refractivity contribution is 8.00. The molecule has 0 atom stereocenters. The van der Waals surface area contributed by atoms with Gasteiger partial charge in [-0.25, -0.2) is 0 Å². The molecule has 2 amide bonds. The molecule has 2 rings (SSSR count). The first kappa shape index (κ1) is 18.5. The summed E-state index contributed by atoms with van der Waals surface area (Å²) in [5.41, 5.74) is 1.50. The number of rotatable bonds is 6. The summed E-state index contributed by atoms with van der Waals surface area (Å²) < 4.78 is 0. The molecule has 0 saturated heterocycles. The highest BCUT2D eigenvalue weighted by Gasteiger charge is 2.13. The van der Waals surface area contributed by atoms with Crippen LogP contribution in [0, 0.1) is 17.0 Å². The van der Waals surface area contributed by atoms with Gasteiger partial charge in [0, 0.05) is 29.1 Å². The van der Waals surface area contributed by atoms with Gasteiger partial charge in [-0.3, -0.25) is 19.7 Å². The van der Waals surface area contributed by atoms with Gasteiger partial charge < -0.3 is 10.6 Å². The molecule has 0 saturated carbocycles. The van der Waals surface area contributed by atoms with Crippen molar-refractivity contribution in [3.8, 4) is 0 Å². The van der Waals surface area contributed by atoms with Gasteiger partial charge >= 0.3 is 0 Å². The van der Waals surface area contributed by atoms with E-state index in [1.54, 1.807) is 37.3 Å². The van der Waals surface area contributed by atoms with Crippen LogP contribution in [0.5, 0.6) is 0 Å². The van der Waals surface area contributed by atoms with Gasteiger partial charge in [0.2, 0.25) is 11.8 Å². The van der Waals surface area contributed by atoms with Crippen LogP contribution < -0.4 is 10.6 Å². The lowest BCUT2D eigenvalue weighted by Gasteiger charge is -2.10. The minimum Gasteiger partial charge on any atom is -0.325 e. The number of carbonyl (C=O) groups is 2. The number of nitro groups is 1. The highest BCUT2D eigenvalue weighted by Crippen LogP contribution is 2.27. The van der Waals surface area contributed by atoms with Crippen molar-refractivity contribution < 1.29 is 14.5 Å². The average Bonchev–Trinajstić information content (AvgIpc) is 2.55. The van der Waals surface area contributed by atoms with Gasteiger partial charge in [0.1, 0.15) is 0 Å². The molecule has 0 unspecified atom stereocenters. The Hall–Kier alpha value is -2.87. The number of benzene rings is 2. The number of hydrogen-bond acceptors (Lipinski definition) is 5. The summed E-state index contributed by atoms with van der Waals surface area (Å²) in [6, 6.07) is 11.7. The number of nitro benzene ring substituents is 1. The normalized spacial score (nSPS) is 10.2. The number of aryl methyl sites for hydroxylation is 1. The van der Waals surface area contributed by atoms with Crippen LogP contribution >= 0.6 is 11.8 Å². The van der Waals surface area contributed by atoms with Crippen LogP contribution in [0.4, 0.5) is 17.1 Å². The molecule has 130 valence electrons. The van der Waals surface area contributed by atoms with Crippen molar-refractivity contribution in [1.29, 1.82) is 0 Å². The predicted octanol–water partition coefficient (Wildman–Crippen LogP) is 3.59. The Morgan fingerprint density at radius 2 is 1.88 bits per heavy atom. The maximum atomic E-state index is 12.1. The first-order valence-electron chi connectivity index (χ1n) is 7.41. The fraction of sp³-hybridized carbons (Fsp3) is 0.176. The van der Waals surface area contributed by atoms with Crippen molar-refractivity contribution >= 4 is 40.6 Å². The fourth-order valence-electron chi connectivity index (χ4n) is 2.11. The van der Waals surface area contributed by atoms with Crippen LogP contribution in [-0.4, -0.2) is 22.5 Å². The Balaban J connectivity index is 2.01. The number of nitrogens with zero attached hydrogens (tertiary/aromatic N) is 1. The SMILES string of the molecule is CC(=O)Nc1ccccc1SCC(=O)Nc1ccc(C)c([N+](=O)[O-])c1. The minimum atomic E-state index is -0.483. The van der Waals surface area contributed by atoms with E-state index in [4.69, 9.17) is 0 Å². The molecule has 2 aromatic carbocycles. The molecule has 0 fully saturated rings. The van der Waals surface area contributed by atoms with Gasteiger partial charge in [-0.1, -0.05) is 18.2 Å². The number of amides is 2. The number of para-hydroxylation sites is 1. The zero-order valence-electron chi connectivity index (χ0n) is 13.7. The van der Waals surface area contributed by atoms with E-state index in [1.165, 1.54) is 24.8 Å². The molecule has 2 N–H and O–H groups in total. The lowest BCUT2D eigenvalue weighted by atomic mass is 10.2.